The lowest BCUT2D eigenvalue weighted by molar-refractivity contribution is -0.0271. The average Bonchev–Trinajstić information content (AvgIpc) is 2.44. The third kappa shape index (κ3) is 5.10. The van der Waals surface area contributed by atoms with Gasteiger partial charge < -0.3 is 4.74 Å². The molecule has 0 aromatic rings. The zero-order valence-electron chi connectivity index (χ0n) is 13.0. The highest BCUT2D eigenvalue weighted by Gasteiger charge is 2.32. The number of methoxy groups -OCH3 is 1. The highest BCUT2D eigenvalue weighted by atomic mass is 16.5. The van der Waals surface area contributed by atoms with E-state index in [2.05, 4.69) is 0 Å². The normalized spacial score (nSPS) is 35.5. The Hall–Kier alpha value is -0.0400. The van der Waals surface area contributed by atoms with Crippen LogP contribution in [0.1, 0.15) is 89.9 Å². The molecule has 2 unspecified atom stereocenters. The molecule has 2 bridgehead atoms. The first-order valence-corrected chi connectivity index (χ1v) is 8.94. The zero-order valence-corrected chi connectivity index (χ0v) is 13.0. The van der Waals surface area contributed by atoms with Gasteiger partial charge in [-0.05, 0) is 37.5 Å². The maximum atomic E-state index is 5.92. The molecule has 0 saturated heterocycles. The summed E-state index contributed by atoms with van der Waals surface area (Å²) >= 11 is 0. The molecule has 0 amide bonds. The van der Waals surface area contributed by atoms with Crippen molar-refractivity contribution < 1.29 is 4.74 Å². The Kier molecular flexibility index (Phi) is 7.27. The van der Waals surface area contributed by atoms with Gasteiger partial charge in [-0.1, -0.05) is 64.2 Å². The molecule has 2 rings (SSSR count). The maximum absolute atomic E-state index is 5.92. The number of hydrogen-bond donors (Lipinski definition) is 0. The van der Waals surface area contributed by atoms with E-state index < -0.39 is 0 Å². The van der Waals surface area contributed by atoms with E-state index >= 15 is 0 Å². The molecule has 0 aliphatic heterocycles. The van der Waals surface area contributed by atoms with Gasteiger partial charge in [-0.25, -0.2) is 0 Å². The predicted molar refractivity (Wildman–Crippen MR) is 82.4 cm³/mol. The Labute approximate surface area is 120 Å². The van der Waals surface area contributed by atoms with Gasteiger partial charge in [0.25, 0.3) is 0 Å². The third-order valence-corrected chi connectivity index (χ3v) is 5.50. The predicted octanol–water partition coefficient (Wildman–Crippen LogP) is 5.72. The second kappa shape index (κ2) is 9.00. The second-order valence-electron chi connectivity index (χ2n) is 6.91. The fourth-order valence-corrected chi connectivity index (χ4v) is 4.41. The van der Waals surface area contributed by atoms with Crippen molar-refractivity contribution in [2.45, 2.75) is 96.0 Å². The summed E-state index contributed by atoms with van der Waals surface area (Å²) in [6, 6.07) is 0. The quantitative estimate of drug-likeness (QED) is 0.589. The smallest absolute Gasteiger partial charge is 0.0627 e. The molecular formula is C18H34O. The number of ether oxygens (including phenoxy) is 1. The van der Waals surface area contributed by atoms with Gasteiger partial charge in [0.2, 0.25) is 0 Å². The zero-order chi connectivity index (χ0) is 13.3. The Morgan fingerprint density at radius 2 is 0.895 bits per heavy atom. The minimum Gasteiger partial charge on any atom is -0.381 e. The molecule has 19 heavy (non-hydrogen) atoms. The van der Waals surface area contributed by atoms with Crippen LogP contribution in [-0.2, 0) is 4.74 Å². The number of hydrogen-bond acceptors (Lipinski definition) is 1. The molecule has 2 aliphatic rings. The lowest BCUT2D eigenvalue weighted by Gasteiger charge is -2.37. The van der Waals surface area contributed by atoms with Crippen LogP contribution in [0.2, 0.25) is 0 Å². The molecule has 0 spiro atoms. The van der Waals surface area contributed by atoms with Crippen LogP contribution in [0.3, 0.4) is 0 Å². The number of rotatable bonds is 1. The molecule has 0 radical (unpaired) electrons. The van der Waals surface area contributed by atoms with Crippen molar-refractivity contribution in [3.05, 3.63) is 0 Å². The fraction of sp³-hybridized carbons (Fsp3) is 1.00. The van der Waals surface area contributed by atoms with Crippen LogP contribution >= 0.6 is 0 Å². The summed E-state index contributed by atoms with van der Waals surface area (Å²) in [5.74, 6) is 1.73. The Bertz CT molecular complexity index is 206. The van der Waals surface area contributed by atoms with Crippen molar-refractivity contribution in [2.75, 3.05) is 7.11 Å². The van der Waals surface area contributed by atoms with Gasteiger partial charge >= 0.3 is 0 Å². The van der Waals surface area contributed by atoms with Crippen LogP contribution in [0, 0.1) is 11.8 Å². The van der Waals surface area contributed by atoms with E-state index in [0.717, 1.165) is 11.8 Å². The monoisotopic (exact) mass is 266 g/mol. The third-order valence-electron chi connectivity index (χ3n) is 5.50. The van der Waals surface area contributed by atoms with Crippen molar-refractivity contribution in [2.24, 2.45) is 11.8 Å². The SMILES string of the molecule is COC1C2CCCCCCCCCCCC1CCC2. The van der Waals surface area contributed by atoms with E-state index in [4.69, 9.17) is 4.74 Å². The Morgan fingerprint density at radius 3 is 1.32 bits per heavy atom. The first kappa shape index (κ1) is 15.4. The molecule has 2 saturated carbocycles. The number of fused-ring (bicyclic) bond motifs is 2. The van der Waals surface area contributed by atoms with Gasteiger partial charge in [-0.3, -0.25) is 0 Å². The molecule has 2 atom stereocenters. The first-order valence-electron chi connectivity index (χ1n) is 8.94. The summed E-state index contributed by atoms with van der Waals surface area (Å²) < 4.78 is 5.92. The van der Waals surface area contributed by atoms with Gasteiger partial charge in [0.15, 0.2) is 0 Å². The van der Waals surface area contributed by atoms with Crippen LogP contribution in [0.5, 0.6) is 0 Å². The van der Waals surface area contributed by atoms with Crippen molar-refractivity contribution in [3.63, 3.8) is 0 Å². The fourth-order valence-electron chi connectivity index (χ4n) is 4.41. The van der Waals surface area contributed by atoms with Gasteiger partial charge in [-0.15, -0.1) is 0 Å². The molecule has 0 N–H and O–H groups in total. The van der Waals surface area contributed by atoms with Crippen LogP contribution in [-0.4, -0.2) is 13.2 Å². The summed E-state index contributed by atoms with van der Waals surface area (Å²) in [5, 5.41) is 0. The largest absolute Gasteiger partial charge is 0.381 e. The standard InChI is InChI=1S/C18H34O/c1-19-18-16-12-9-7-5-3-2-4-6-8-10-13-17(18)15-11-14-16/h16-18H,2-15H2,1H3. The molecule has 112 valence electrons. The lowest BCUT2D eigenvalue weighted by Crippen LogP contribution is -2.35. The summed E-state index contributed by atoms with van der Waals surface area (Å²) in [4.78, 5) is 0. The van der Waals surface area contributed by atoms with Crippen molar-refractivity contribution >= 4 is 0 Å². The molecule has 0 aromatic carbocycles. The van der Waals surface area contributed by atoms with E-state index in [1.807, 2.05) is 7.11 Å². The summed E-state index contributed by atoms with van der Waals surface area (Å²) in [6.45, 7) is 0. The Balaban J connectivity index is 1.87. The van der Waals surface area contributed by atoms with Gasteiger partial charge in [0.1, 0.15) is 0 Å². The highest BCUT2D eigenvalue weighted by molar-refractivity contribution is 4.83. The van der Waals surface area contributed by atoms with E-state index in [0.29, 0.717) is 6.10 Å². The summed E-state index contributed by atoms with van der Waals surface area (Å²) in [5.41, 5.74) is 0. The molecule has 0 heterocycles. The van der Waals surface area contributed by atoms with E-state index in [1.165, 1.54) is 89.9 Å². The molecule has 2 aliphatic carbocycles. The molecule has 0 aromatic heterocycles. The van der Waals surface area contributed by atoms with Crippen LogP contribution in [0.4, 0.5) is 0 Å². The lowest BCUT2D eigenvalue weighted by atomic mass is 9.74. The van der Waals surface area contributed by atoms with Gasteiger partial charge in [-0.2, -0.15) is 0 Å². The average molecular weight is 266 g/mol. The van der Waals surface area contributed by atoms with E-state index in [1.54, 1.807) is 0 Å². The molecule has 1 heteroatoms. The molecule has 2 fully saturated rings. The second-order valence-corrected chi connectivity index (χ2v) is 6.91. The minimum absolute atomic E-state index is 0.580. The van der Waals surface area contributed by atoms with E-state index in [-0.39, 0.29) is 0 Å². The molecular weight excluding hydrogens is 232 g/mol. The van der Waals surface area contributed by atoms with Crippen LogP contribution in [0.25, 0.3) is 0 Å². The van der Waals surface area contributed by atoms with Crippen molar-refractivity contribution in [1.82, 2.24) is 0 Å². The highest BCUT2D eigenvalue weighted by Crippen LogP contribution is 2.37. The van der Waals surface area contributed by atoms with Crippen molar-refractivity contribution in [1.29, 1.82) is 0 Å². The van der Waals surface area contributed by atoms with Gasteiger partial charge in [0, 0.05) is 7.11 Å². The molecule has 1 nitrogen and oxygen atoms in total. The van der Waals surface area contributed by atoms with Crippen LogP contribution in [0.15, 0.2) is 0 Å². The maximum Gasteiger partial charge on any atom is 0.0627 e. The minimum atomic E-state index is 0.580. The van der Waals surface area contributed by atoms with Gasteiger partial charge in [0.05, 0.1) is 6.10 Å². The Morgan fingerprint density at radius 1 is 0.526 bits per heavy atom. The summed E-state index contributed by atoms with van der Waals surface area (Å²) in [6.07, 6.45) is 20.9. The summed E-state index contributed by atoms with van der Waals surface area (Å²) in [7, 11) is 1.96. The van der Waals surface area contributed by atoms with Crippen LogP contribution < -0.4 is 0 Å². The van der Waals surface area contributed by atoms with E-state index in [9.17, 15) is 0 Å². The van der Waals surface area contributed by atoms with Crippen molar-refractivity contribution in [3.8, 4) is 0 Å². The first-order chi connectivity index (χ1) is 9.42. The topological polar surface area (TPSA) is 9.23 Å².